The fraction of sp³-hybridized carbons (Fsp3) is 0.160. The summed E-state index contributed by atoms with van der Waals surface area (Å²) >= 11 is 0. The zero-order valence-electron chi connectivity index (χ0n) is 18.4. The van der Waals surface area contributed by atoms with Gasteiger partial charge in [-0.15, -0.1) is 0 Å². The number of hydrogen-bond donors (Lipinski definition) is 2. The molecule has 4 aromatic rings. The largest absolute Gasteiger partial charge is 0.495 e. The van der Waals surface area contributed by atoms with Crippen molar-refractivity contribution in [3.63, 3.8) is 0 Å². The Kier molecular flexibility index (Phi) is 5.64. The Morgan fingerprint density at radius 2 is 1.94 bits per heavy atom. The normalized spacial score (nSPS) is 14.1. The number of hydrogen-bond acceptors (Lipinski definition) is 5. The molecule has 0 spiro atoms. The van der Waals surface area contributed by atoms with Crippen LogP contribution in [0.5, 0.6) is 0 Å². The molecule has 10 heteroatoms. The van der Waals surface area contributed by atoms with Gasteiger partial charge in [-0.2, -0.15) is 13.2 Å². The number of morpholine rings is 1. The molecule has 1 aliphatic heterocycles. The predicted octanol–water partition coefficient (Wildman–Crippen LogP) is 5.25. The van der Waals surface area contributed by atoms with Gasteiger partial charge in [-0.1, -0.05) is 12.6 Å². The molecule has 3 heterocycles. The first-order valence-electron chi connectivity index (χ1n) is 10.8. The molecule has 1 saturated heterocycles. The fourth-order valence-corrected chi connectivity index (χ4v) is 4.00. The van der Waals surface area contributed by atoms with Crippen LogP contribution in [0.25, 0.3) is 22.4 Å². The number of pyridine rings is 1. The van der Waals surface area contributed by atoms with Crippen LogP contribution in [-0.2, 0) is 10.9 Å². The van der Waals surface area contributed by atoms with Crippen molar-refractivity contribution in [2.45, 2.75) is 6.18 Å². The molecule has 1 fully saturated rings. The minimum absolute atomic E-state index is 0.0226. The van der Waals surface area contributed by atoms with E-state index in [1.165, 1.54) is 18.5 Å². The van der Waals surface area contributed by atoms with Crippen LogP contribution in [0.3, 0.4) is 0 Å². The topological polar surface area (TPSA) is 83.1 Å². The summed E-state index contributed by atoms with van der Waals surface area (Å²) in [7, 11) is 0. The SMILES string of the molecule is C=C1CN(c2ccc(-c3nc4c(C(=O)Nc5ccncc5)cccc4[nH]3)c(C(F)(F)F)c2)CCO1. The number of H-pyrrole nitrogens is 1. The van der Waals surface area contributed by atoms with E-state index in [1.54, 1.807) is 41.3 Å². The van der Waals surface area contributed by atoms with Gasteiger partial charge in [0.25, 0.3) is 5.91 Å². The van der Waals surface area contributed by atoms with E-state index in [9.17, 15) is 18.0 Å². The fourth-order valence-electron chi connectivity index (χ4n) is 4.00. The van der Waals surface area contributed by atoms with Crippen molar-refractivity contribution in [3.05, 3.63) is 84.4 Å². The maximum Gasteiger partial charge on any atom is 0.417 e. The van der Waals surface area contributed by atoms with Gasteiger partial charge in [0.1, 0.15) is 23.7 Å². The van der Waals surface area contributed by atoms with Crippen molar-refractivity contribution in [1.29, 1.82) is 0 Å². The van der Waals surface area contributed by atoms with Gasteiger partial charge in [0.15, 0.2) is 0 Å². The monoisotopic (exact) mass is 479 g/mol. The number of fused-ring (bicyclic) bond motifs is 1. The molecule has 0 radical (unpaired) electrons. The first-order chi connectivity index (χ1) is 16.8. The number of para-hydroxylation sites is 1. The molecule has 0 unspecified atom stereocenters. The summed E-state index contributed by atoms with van der Waals surface area (Å²) in [5.74, 6) is 0.0944. The summed E-state index contributed by atoms with van der Waals surface area (Å²) < 4.78 is 47.6. The number of carbonyl (C=O) groups excluding carboxylic acids is 1. The molecule has 0 atom stereocenters. The molecule has 5 rings (SSSR count). The van der Waals surface area contributed by atoms with E-state index in [2.05, 4.69) is 26.8 Å². The minimum atomic E-state index is -4.62. The number of aromatic amines is 1. The molecule has 2 aromatic heterocycles. The lowest BCUT2D eigenvalue weighted by Crippen LogP contribution is -2.34. The lowest BCUT2D eigenvalue weighted by atomic mass is 10.0. The van der Waals surface area contributed by atoms with E-state index in [0.717, 1.165) is 6.07 Å². The second kappa shape index (κ2) is 8.79. The van der Waals surface area contributed by atoms with Crippen molar-refractivity contribution >= 4 is 28.3 Å². The lowest BCUT2D eigenvalue weighted by molar-refractivity contribution is -0.137. The van der Waals surface area contributed by atoms with Crippen LogP contribution in [0.2, 0.25) is 0 Å². The van der Waals surface area contributed by atoms with E-state index in [4.69, 9.17) is 4.74 Å². The molecule has 7 nitrogen and oxygen atoms in total. The first kappa shape index (κ1) is 22.5. The van der Waals surface area contributed by atoms with Crippen molar-refractivity contribution in [3.8, 4) is 11.4 Å². The standard InChI is InChI=1S/C25H20F3N5O2/c1-15-14-33(11-12-35-15)17-5-6-18(20(13-17)25(26,27)28)23-31-21-4-2-3-19(22(21)32-23)24(34)30-16-7-9-29-10-8-16/h2-10,13H,1,11-12,14H2,(H,31,32)(H,29,30,34). The number of aromatic nitrogens is 3. The Labute approximate surface area is 198 Å². The van der Waals surface area contributed by atoms with Gasteiger partial charge < -0.3 is 19.9 Å². The van der Waals surface area contributed by atoms with Gasteiger partial charge in [-0.05, 0) is 42.5 Å². The Morgan fingerprint density at radius 3 is 2.69 bits per heavy atom. The van der Waals surface area contributed by atoms with Crippen LogP contribution >= 0.6 is 0 Å². The first-order valence-corrected chi connectivity index (χ1v) is 10.8. The van der Waals surface area contributed by atoms with Gasteiger partial charge in [-0.3, -0.25) is 9.78 Å². The van der Waals surface area contributed by atoms with Gasteiger partial charge >= 0.3 is 6.18 Å². The summed E-state index contributed by atoms with van der Waals surface area (Å²) in [5.41, 5.74) is 0.982. The molecular weight excluding hydrogens is 459 g/mol. The number of ether oxygens (including phenoxy) is 1. The number of rotatable bonds is 4. The number of halogens is 3. The molecule has 0 aliphatic carbocycles. The highest BCUT2D eigenvalue weighted by atomic mass is 19.4. The lowest BCUT2D eigenvalue weighted by Gasteiger charge is -2.31. The molecule has 1 amide bonds. The zero-order chi connectivity index (χ0) is 24.6. The summed E-state index contributed by atoms with van der Waals surface area (Å²) in [6.45, 7) is 4.89. The number of imidazole rings is 1. The van der Waals surface area contributed by atoms with E-state index >= 15 is 0 Å². The van der Waals surface area contributed by atoms with E-state index < -0.39 is 17.6 Å². The van der Waals surface area contributed by atoms with Crippen LogP contribution in [-0.4, -0.2) is 40.6 Å². The quantitative estimate of drug-likeness (QED) is 0.418. The molecule has 35 heavy (non-hydrogen) atoms. The highest BCUT2D eigenvalue weighted by Crippen LogP contribution is 2.39. The van der Waals surface area contributed by atoms with Crippen molar-refractivity contribution < 1.29 is 22.7 Å². The van der Waals surface area contributed by atoms with Gasteiger partial charge in [0, 0.05) is 29.3 Å². The van der Waals surface area contributed by atoms with Gasteiger partial charge in [0.05, 0.1) is 29.7 Å². The third-order valence-electron chi connectivity index (χ3n) is 5.66. The molecule has 0 bridgehead atoms. The van der Waals surface area contributed by atoms with Crippen molar-refractivity contribution in [2.24, 2.45) is 0 Å². The Bertz CT molecular complexity index is 1420. The molecule has 1 aliphatic rings. The molecule has 0 saturated carbocycles. The molecule has 178 valence electrons. The molecular formula is C25H20F3N5O2. The zero-order valence-corrected chi connectivity index (χ0v) is 18.4. The number of nitrogens with one attached hydrogen (secondary N) is 2. The maximum atomic E-state index is 14.1. The number of amides is 1. The van der Waals surface area contributed by atoms with E-state index in [-0.39, 0.29) is 22.5 Å². The van der Waals surface area contributed by atoms with Crippen molar-refractivity contribution in [1.82, 2.24) is 15.0 Å². The van der Waals surface area contributed by atoms with Crippen LogP contribution in [0.15, 0.2) is 73.3 Å². The second-order valence-corrected chi connectivity index (χ2v) is 8.01. The Morgan fingerprint density at radius 1 is 1.14 bits per heavy atom. The van der Waals surface area contributed by atoms with Crippen molar-refractivity contribution in [2.75, 3.05) is 29.9 Å². The average molecular weight is 479 g/mol. The van der Waals surface area contributed by atoms with Gasteiger partial charge in [0.2, 0.25) is 0 Å². The van der Waals surface area contributed by atoms with Gasteiger partial charge in [-0.25, -0.2) is 4.98 Å². The second-order valence-electron chi connectivity index (χ2n) is 8.01. The van der Waals surface area contributed by atoms with E-state index in [0.29, 0.717) is 42.3 Å². The van der Waals surface area contributed by atoms with Crippen LogP contribution in [0, 0.1) is 0 Å². The summed E-state index contributed by atoms with van der Waals surface area (Å²) in [6, 6.07) is 12.3. The third kappa shape index (κ3) is 4.54. The smallest absolute Gasteiger partial charge is 0.417 e. The summed E-state index contributed by atoms with van der Waals surface area (Å²) in [5, 5.41) is 2.75. The van der Waals surface area contributed by atoms with Crippen LogP contribution < -0.4 is 10.2 Å². The number of nitrogens with zero attached hydrogens (tertiary/aromatic N) is 3. The number of alkyl halides is 3. The highest BCUT2D eigenvalue weighted by Gasteiger charge is 2.35. The summed E-state index contributed by atoms with van der Waals surface area (Å²) in [4.78, 5) is 25.9. The van der Waals surface area contributed by atoms with Crippen LogP contribution in [0.4, 0.5) is 24.5 Å². The Hall–Kier alpha value is -4.34. The third-order valence-corrected chi connectivity index (χ3v) is 5.66. The number of benzene rings is 2. The highest BCUT2D eigenvalue weighted by molar-refractivity contribution is 6.11. The summed E-state index contributed by atoms with van der Waals surface area (Å²) in [6.07, 6.45) is -1.54. The maximum absolute atomic E-state index is 14.1. The minimum Gasteiger partial charge on any atom is -0.495 e. The Balaban J connectivity index is 1.54. The van der Waals surface area contributed by atoms with Crippen LogP contribution in [0.1, 0.15) is 15.9 Å². The number of carbonyl (C=O) groups is 1. The number of anilines is 2. The molecule has 2 aromatic carbocycles. The van der Waals surface area contributed by atoms with E-state index in [1.807, 2.05) is 0 Å². The predicted molar refractivity (Wildman–Crippen MR) is 126 cm³/mol. The average Bonchev–Trinajstić information content (AvgIpc) is 3.28. The molecule has 2 N–H and O–H groups in total.